The molecular formula is C32H28ClFN7O3+. The first kappa shape index (κ1) is 29.1. The molecule has 0 radical (unpaired) electrons. The fraction of sp³-hybridized carbons (Fsp3) is 0.188. The highest BCUT2D eigenvalue weighted by atomic mass is 35.5. The minimum atomic E-state index is -0.330. The zero-order valence-electron chi connectivity index (χ0n) is 23.5. The highest BCUT2D eigenvalue weighted by Crippen LogP contribution is 2.35. The summed E-state index contributed by atoms with van der Waals surface area (Å²) in [6, 6.07) is 18.7. The molecule has 44 heavy (non-hydrogen) atoms. The van der Waals surface area contributed by atoms with E-state index >= 15 is 0 Å². The van der Waals surface area contributed by atoms with Gasteiger partial charge in [0, 0.05) is 16.6 Å². The van der Waals surface area contributed by atoms with Crippen molar-refractivity contribution in [3.05, 3.63) is 101 Å². The number of morpholine rings is 1. The summed E-state index contributed by atoms with van der Waals surface area (Å²) in [6.45, 7) is 2.61. The van der Waals surface area contributed by atoms with Gasteiger partial charge in [-0.3, -0.25) is 5.41 Å². The van der Waals surface area contributed by atoms with Gasteiger partial charge in [0.05, 0.1) is 29.3 Å². The molecule has 4 N–H and O–H groups in total. The van der Waals surface area contributed by atoms with E-state index in [1.54, 1.807) is 36.4 Å². The van der Waals surface area contributed by atoms with Gasteiger partial charge in [0.2, 0.25) is 0 Å². The number of quaternary nitrogens is 1. The van der Waals surface area contributed by atoms with E-state index in [0.29, 0.717) is 94.2 Å². The van der Waals surface area contributed by atoms with Crippen molar-refractivity contribution < 1.29 is 22.8 Å². The molecular weight excluding hydrogens is 585 g/mol. The zero-order valence-corrected chi connectivity index (χ0v) is 24.3. The van der Waals surface area contributed by atoms with Gasteiger partial charge in [-0.2, -0.15) is 0 Å². The Kier molecular flexibility index (Phi) is 8.13. The van der Waals surface area contributed by atoms with Crippen LogP contribution in [0.4, 0.5) is 15.9 Å². The van der Waals surface area contributed by atoms with Gasteiger partial charge in [0.1, 0.15) is 55.0 Å². The second kappa shape index (κ2) is 12.3. The van der Waals surface area contributed by atoms with Crippen molar-refractivity contribution in [2.24, 2.45) is 5.73 Å². The number of amidine groups is 1. The van der Waals surface area contributed by atoms with Gasteiger partial charge in [-0.05, 0) is 60.2 Å². The Morgan fingerprint density at radius 3 is 2.70 bits per heavy atom. The first-order chi connectivity index (χ1) is 21.3. The molecule has 0 bridgehead atoms. The van der Waals surface area contributed by atoms with Gasteiger partial charge in [-0.15, -0.1) is 5.26 Å². The van der Waals surface area contributed by atoms with Crippen LogP contribution in [0.15, 0.2) is 77.5 Å². The lowest BCUT2D eigenvalue weighted by atomic mass is 10.1. The van der Waals surface area contributed by atoms with Gasteiger partial charge in [-0.1, -0.05) is 23.7 Å². The molecule has 3 heterocycles. The molecule has 222 valence electrons. The number of anilines is 2. The predicted octanol–water partition coefficient (Wildman–Crippen LogP) is 6.12. The summed E-state index contributed by atoms with van der Waals surface area (Å²) in [6.07, 6.45) is 3.86. The van der Waals surface area contributed by atoms with Crippen molar-refractivity contribution in [3.8, 4) is 23.3 Å². The Morgan fingerprint density at radius 1 is 1.11 bits per heavy atom. The van der Waals surface area contributed by atoms with E-state index in [-0.39, 0.29) is 22.7 Å². The molecule has 0 amide bonds. The number of aromatic nitrogens is 2. The monoisotopic (exact) mass is 612 g/mol. The number of hydrogen-bond donors (Lipinski definition) is 3. The first-order valence-electron chi connectivity index (χ1n) is 13.8. The quantitative estimate of drug-likeness (QED) is 0.0782. The average Bonchev–Trinajstić information content (AvgIpc) is 3.45. The van der Waals surface area contributed by atoms with Gasteiger partial charge in [0.15, 0.2) is 12.3 Å². The molecule has 5 aromatic rings. The molecule has 0 aliphatic carbocycles. The van der Waals surface area contributed by atoms with Crippen LogP contribution in [0.2, 0.25) is 5.02 Å². The maximum absolute atomic E-state index is 13.5. The van der Waals surface area contributed by atoms with E-state index in [9.17, 15) is 9.65 Å². The fourth-order valence-corrected chi connectivity index (χ4v) is 5.37. The summed E-state index contributed by atoms with van der Waals surface area (Å²) in [4.78, 5) is 8.85. The standard InChI is InChI=1S/C32H28ClFN7O3/c33-27-14-23(5-7-29(27)43-17-20-2-1-3-22(34)12-20)40-32-25-13-21(4-6-28(25)38-19-39-32)30-26(31(36)37)15-24(44-30)16-41(18-35)8-10-42-11-9-41/h1-7,12-15,19H,8-11,16-17H2,(H3,36,37)(H,38,39,40)/q+1. The Hall–Kier alpha value is -5.02. The molecule has 1 saturated heterocycles. The number of nitrogens with one attached hydrogen (secondary N) is 2. The molecule has 1 aliphatic rings. The van der Waals surface area contributed by atoms with E-state index in [1.807, 2.05) is 18.2 Å². The van der Waals surface area contributed by atoms with E-state index in [4.69, 9.17) is 36.6 Å². The van der Waals surface area contributed by atoms with Crippen LogP contribution in [-0.2, 0) is 17.9 Å². The second-order valence-electron chi connectivity index (χ2n) is 10.5. The maximum atomic E-state index is 13.5. The number of hydrogen-bond acceptors (Lipinski definition) is 8. The van der Waals surface area contributed by atoms with Gasteiger partial charge in [0.25, 0.3) is 0 Å². The summed E-state index contributed by atoms with van der Waals surface area (Å²) in [7, 11) is 0. The summed E-state index contributed by atoms with van der Waals surface area (Å²) in [5, 5.41) is 22.5. The topological polar surface area (TPSA) is 143 Å². The van der Waals surface area contributed by atoms with Gasteiger partial charge < -0.3 is 24.9 Å². The van der Waals surface area contributed by atoms with Crippen LogP contribution in [0.3, 0.4) is 0 Å². The minimum Gasteiger partial charge on any atom is -0.487 e. The molecule has 0 atom stereocenters. The molecule has 1 fully saturated rings. The number of nitriles is 1. The summed E-state index contributed by atoms with van der Waals surface area (Å²) in [5.41, 5.74) is 9.11. The minimum absolute atomic E-state index is 0.141. The number of nitrogens with two attached hydrogens (primary N) is 1. The largest absolute Gasteiger partial charge is 0.487 e. The van der Waals surface area contributed by atoms with Crippen LogP contribution >= 0.6 is 11.6 Å². The maximum Gasteiger partial charge on any atom is 0.309 e. The third-order valence-corrected chi connectivity index (χ3v) is 7.74. The Bertz CT molecular complexity index is 1900. The number of ether oxygens (including phenoxy) is 2. The second-order valence-corrected chi connectivity index (χ2v) is 10.9. The smallest absolute Gasteiger partial charge is 0.309 e. The summed E-state index contributed by atoms with van der Waals surface area (Å²) < 4.78 is 31.2. The number of halogens is 2. The molecule has 0 spiro atoms. The Morgan fingerprint density at radius 2 is 1.95 bits per heavy atom. The Labute approximate surface area is 257 Å². The molecule has 12 heteroatoms. The highest BCUT2D eigenvalue weighted by Gasteiger charge is 2.33. The summed E-state index contributed by atoms with van der Waals surface area (Å²) >= 11 is 6.51. The van der Waals surface area contributed by atoms with Crippen molar-refractivity contribution in [3.63, 3.8) is 0 Å². The normalized spacial score (nSPS) is 14.2. The van der Waals surface area contributed by atoms with Gasteiger partial charge in [-0.25, -0.2) is 18.8 Å². The van der Waals surface area contributed by atoms with Crippen LogP contribution in [0.1, 0.15) is 16.9 Å². The van der Waals surface area contributed by atoms with Crippen molar-refractivity contribution in [1.29, 1.82) is 10.7 Å². The zero-order chi connectivity index (χ0) is 30.7. The van der Waals surface area contributed by atoms with Crippen LogP contribution in [0, 0.1) is 22.7 Å². The molecule has 2 aromatic heterocycles. The number of nitrogen functional groups attached to an aromatic ring is 1. The molecule has 0 unspecified atom stereocenters. The molecule has 3 aromatic carbocycles. The summed E-state index contributed by atoms with van der Waals surface area (Å²) in [5.74, 6) is 1.50. The van der Waals surface area contributed by atoms with E-state index in [2.05, 4.69) is 21.5 Å². The number of nitrogens with zero attached hydrogens (tertiary/aromatic N) is 4. The van der Waals surface area contributed by atoms with Crippen molar-refractivity contribution in [1.82, 2.24) is 9.97 Å². The highest BCUT2D eigenvalue weighted by molar-refractivity contribution is 6.32. The SMILES string of the molecule is N#C[N+]1(Cc2cc(C(=N)N)c(-c3ccc4ncnc(Nc5ccc(OCc6cccc(F)c6)c(Cl)c5)c4c3)o2)CCOCC1. The lowest BCUT2D eigenvalue weighted by Crippen LogP contribution is -2.50. The Balaban J connectivity index is 1.27. The van der Waals surface area contributed by atoms with Gasteiger partial charge >= 0.3 is 6.19 Å². The number of furan rings is 1. The van der Waals surface area contributed by atoms with E-state index < -0.39 is 0 Å². The van der Waals surface area contributed by atoms with Crippen LogP contribution < -0.4 is 15.8 Å². The molecule has 10 nitrogen and oxygen atoms in total. The third-order valence-electron chi connectivity index (χ3n) is 7.45. The van der Waals surface area contributed by atoms with Crippen LogP contribution in [-0.4, -0.2) is 46.6 Å². The molecule has 6 rings (SSSR count). The lowest BCUT2D eigenvalue weighted by molar-refractivity contribution is -0.888. The predicted molar refractivity (Wildman–Crippen MR) is 164 cm³/mol. The van der Waals surface area contributed by atoms with E-state index in [1.165, 1.54) is 18.5 Å². The number of benzene rings is 3. The fourth-order valence-electron chi connectivity index (χ4n) is 5.14. The lowest BCUT2D eigenvalue weighted by Gasteiger charge is -2.31. The molecule has 0 saturated carbocycles. The third kappa shape index (κ3) is 6.18. The number of fused-ring (bicyclic) bond motifs is 1. The van der Waals surface area contributed by atoms with Crippen LogP contribution in [0.5, 0.6) is 5.75 Å². The molecule has 1 aliphatic heterocycles. The van der Waals surface area contributed by atoms with Crippen molar-refractivity contribution in [2.45, 2.75) is 13.2 Å². The number of rotatable bonds is 9. The average molecular weight is 613 g/mol. The van der Waals surface area contributed by atoms with Crippen LogP contribution in [0.25, 0.3) is 22.2 Å². The van der Waals surface area contributed by atoms with E-state index in [0.717, 1.165) is 0 Å². The first-order valence-corrected chi connectivity index (χ1v) is 14.2. The van der Waals surface area contributed by atoms with Crippen molar-refractivity contribution >= 4 is 39.8 Å². The van der Waals surface area contributed by atoms with Crippen molar-refractivity contribution in [2.75, 3.05) is 31.6 Å².